The average molecular weight is 507 g/mol. The lowest BCUT2D eigenvalue weighted by atomic mass is 10.1. The van der Waals surface area contributed by atoms with Crippen molar-refractivity contribution < 1.29 is 18.1 Å². The smallest absolute Gasteiger partial charge is 0.270 e. The zero-order valence-corrected chi connectivity index (χ0v) is 19.0. The lowest BCUT2D eigenvalue weighted by molar-refractivity contribution is -0.384. The zero-order chi connectivity index (χ0) is 22.3. The molecule has 162 valence electrons. The van der Waals surface area contributed by atoms with Gasteiger partial charge in [0.15, 0.2) is 0 Å². The van der Waals surface area contributed by atoms with Gasteiger partial charge >= 0.3 is 0 Å². The number of nitrogens with zero attached hydrogens (tertiary/aromatic N) is 4. The Morgan fingerprint density at radius 1 is 1.06 bits per heavy atom. The molecule has 0 aliphatic carbocycles. The van der Waals surface area contributed by atoms with E-state index in [0.29, 0.717) is 26.2 Å². The average Bonchev–Trinajstić information content (AvgIpc) is 3.13. The second-order valence-corrected chi connectivity index (χ2v) is 10.1. The summed E-state index contributed by atoms with van der Waals surface area (Å²) in [6, 6.07) is 9.99. The van der Waals surface area contributed by atoms with E-state index < -0.39 is 14.9 Å². The van der Waals surface area contributed by atoms with Crippen LogP contribution >= 0.6 is 15.9 Å². The summed E-state index contributed by atoms with van der Waals surface area (Å²) in [5.41, 5.74) is 0.133. The highest BCUT2D eigenvalue weighted by Crippen LogP contribution is 2.30. The monoisotopic (exact) mass is 506 g/mol. The summed E-state index contributed by atoms with van der Waals surface area (Å²) in [5, 5.41) is 11.5. The topological polar surface area (TPSA) is 106 Å². The number of non-ortho nitro benzene ring substituents is 1. The van der Waals surface area contributed by atoms with Gasteiger partial charge in [-0.05, 0) is 37.4 Å². The quantitative estimate of drug-likeness (QED) is 0.397. The van der Waals surface area contributed by atoms with Crippen molar-refractivity contribution in [2.45, 2.75) is 4.90 Å². The van der Waals surface area contributed by atoms with Crippen molar-refractivity contribution in [1.29, 1.82) is 0 Å². The third-order valence-corrected chi connectivity index (χ3v) is 7.57. The summed E-state index contributed by atoms with van der Waals surface area (Å²) < 4.78 is 28.4. The number of nitro groups is 1. The molecule has 0 atom stereocenters. The molecule has 0 radical (unpaired) electrons. The zero-order valence-electron chi connectivity index (χ0n) is 16.6. The van der Waals surface area contributed by atoms with E-state index in [1.807, 2.05) is 7.05 Å². The number of benzene rings is 2. The number of halogens is 1. The summed E-state index contributed by atoms with van der Waals surface area (Å²) in [6.07, 6.45) is 1.27. The van der Waals surface area contributed by atoms with E-state index >= 15 is 0 Å². The van der Waals surface area contributed by atoms with E-state index in [1.54, 1.807) is 17.0 Å². The van der Waals surface area contributed by atoms with Gasteiger partial charge in [-0.15, -0.1) is 0 Å². The first-order chi connectivity index (χ1) is 14.7. The maximum atomic E-state index is 13.3. The predicted octanol–water partition coefficient (Wildman–Crippen LogP) is 2.94. The number of rotatable bonds is 4. The molecular weight excluding hydrogens is 488 g/mol. The van der Waals surface area contributed by atoms with E-state index in [0.717, 1.165) is 8.45 Å². The van der Waals surface area contributed by atoms with Crippen LogP contribution in [0.15, 0.2) is 58.0 Å². The summed E-state index contributed by atoms with van der Waals surface area (Å²) >= 11 is 3.28. The lowest BCUT2D eigenvalue weighted by Gasteiger charge is -2.32. The highest BCUT2D eigenvalue weighted by molar-refractivity contribution is 9.10. The Balaban J connectivity index is 1.88. The molecule has 31 heavy (non-hydrogen) atoms. The van der Waals surface area contributed by atoms with Gasteiger partial charge in [0.1, 0.15) is 0 Å². The molecule has 11 heteroatoms. The fourth-order valence-corrected chi connectivity index (χ4v) is 5.20. The van der Waals surface area contributed by atoms with Gasteiger partial charge in [0.05, 0.1) is 20.9 Å². The van der Waals surface area contributed by atoms with Gasteiger partial charge in [-0.3, -0.25) is 14.9 Å². The first kappa shape index (κ1) is 21.5. The van der Waals surface area contributed by atoms with Crippen LogP contribution in [0.4, 0.5) is 5.69 Å². The van der Waals surface area contributed by atoms with Crippen molar-refractivity contribution in [2.24, 2.45) is 0 Å². The van der Waals surface area contributed by atoms with Gasteiger partial charge in [-0.1, -0.05) is 15.9 Å². The van der Waals surface area contributed by atoms with Crippen molar-refractivity contribution in [3.63, 3.8) is 0 Å². The maximum Gasteiger partial charge on any atom is 0.270 e. The Hall–Kier alpha value is -2.76. The lowest BCUT2D eigenvalue weighted by Crippen LogP contribution is -2.47. The van der Waals surface area contributed by atoms with Crippen LogP contribution in [0, 0.1) is 10.1 Å². The number of likely N-dealkylation sites (N-methyl/N-ethyl adjacent to an activating group) is 1. The fraction of sp³-hybridized carbons (Fsp3) is 0.250. The highest BCUT2D eigenvalue weighted by atomic mass is 79.9. The van der Waals surface area contributed by atoms with Crippen LogP contribution in [-0.2, 0) is 10.0 Å². The molecule has 0 bridgehead atoms. The molecule has 1 amide bonds. The molecule has 0 saturated carbocycles. The number of nitro benzene ring substituents is 1. The number of hydrogen-bond acceptors (Lipinski definition) is 6. The second-order valence-electron chi connectivity index (χ2n) is 7.35. The van der Waals surface area contributed by atoms with Crippen molar-refractivity contribution >= 4 is 48.5 Å². The molecular formula is C20H19BrN4O5S. The summed E-state index contributed by atoms with van der Waals surface area (Å²) in [4.78, 5) is 27.8. The highest BCUT2D eigenvalue weighted by Gasteiger charge is 2.28. The van der Waals surface area contributed by atoms with Crippen molar-refractivity contribution in [3.8, 4) is 0 Å². The summed E-state index contributed by atoms with van der Waals surface area (Å²) in [6.45, 7) is 2.39. The molecule has 0 unspecified atom stereocenters. The Morgan fingerprint density at radius 3 is 2.32 bits per heavy atom. The molecule has 0 spiro atoms. The fourth-order valence-electron chi connectivity index (χ4n) is 3.57. The van der Waals surface area contributed by atoms with E-state index in [9.17, 15) is 23.3 Å². The van der Waals surface area contributed by atoms with E-state index in [1.165, 1.54) is 36.5 Å². The number of carbonyl (C=O) groups is 1. The molecule has 0 N–H and O–H groups in total. The number of amides is 1. The molecule has 1 fully saturated rings. The first-order valence-corrected chi connectivity index (χ1v) is 11.7. The van der Waals surface area contributed by atoms with Gasteiger partial charge in [-0.2, -0.15) is 0 Å². The molecule has 2 aromatic carbocycles. The van der Waals surface area contributed by atoms with Gasteiger partial charge in [-0.25, -0.2) is 12.4 Å². The Bertz CT molecular complexity index is 1280. The molecule has 4 rings (SSSR count). The van der Waals surface area contributed by atoms with E-state index in [2.05, 4.69) is 20.8 Å². The number of carbonyl (C=O) groups excluding carboxylic acids is 1. The van der Waals surface area contributed by atoms with Crippen LogP contribution in [0.1, 0.15) is 10.4 Å². The summed E-state index contributed by atoms with van der Waals surface area (Å²) in [5.74, 6) is -0.344. The van der Waals surface area contributed by atoms with Crippen molar-refractivity contribution in [2.75, 3.05) is 33.2 Å². The molecule has 1 saturated heterocycles. The van der Waals surface area contributed by atoms with E-state index in [-0.39, 0.29) is 33.0 Å². The summed E-state index contributed by atoms with van der Waals surface area (Å²) in [7, 11) is -2.06. The molecule has 1 aliphatic rings. The van der Waals surface area contributed by atoms with Crippen molar-refractivity contribution in [3.05, 3.63) is 68.8 Å². The number of aromatic nitrogens is 1. The number of hydrogen-bond donors (Lipinski definition) is 0. The predicted molar refractivity (Wildman–Crippen MR) is 119 cm³/mol. The third kappa shape index (κ3) is 3.95. The van der Waals surface area contributed by atoms with Crippen LogP contribution in [0.25, 0.3) is 10.9 Å². The standard InChI is InChI=1S/C20H19BrN4O5S/c1-22-8-10-23(11-9-22)20(26)18-13-24(19-7-4-15(25(27)28)12-17(18)19)31(29,30)16-5-2-14(21)3-6-16/h2-7,12-13H,8-11H2,1H3. The molecule has 9 nitrogen and oxygen atoms in total. The molecule has 1 aliphatic heterocycles. The molecule has 1 aromatic heterocycles. The first-order valence-electron chi connectivity index (χ1n) is 9.47. The van der Waals surface area contributed by atoms with Gasteiger partial charge < -0.3 is 9.80 Å². The number of piperazine rings is 1. The Labute approximate surface area is 187 Å². The Kier molecular flexibility index (Phi) is 5.58. The van der Waals surface area contributed by atoms with Crippen molar-refractivity contribution in [1.82, 2.24) is 13.8 Å². The number of fused-ring (bicyclic) bond motifs is 1. The van der Waals surface area contributed by atoms with Crippen LogP contribution in [0.5, 0.6) is 0 Å². The minimum Gasteiger partial charge on any atom is -0.336 e. The molecule has 2 heterocycles. The normalized spacial score (nSPS) is 15.4. The second kappa shape index (κ2) is 8.06. The SMILES string of the molecule is CN1CCN(C(=O)c2cn(S(=O)(=O)c3ccc(Br)cc3)c3ccc([N+](=O)[O-])cc23)CC1. The molecule has 3 aromatic rings. The maximum absolute atomic E-state index is 13.3. The van der Waals surface area contributed by atoms with Crippen LogP contribution < -0.4 is 0 Å². The minimum atomic E-state index is -4.02. The van der Waals surface area contributed by atoms with Crippen LogP contribution in [0.2, 0.25) is 0 Å². The van der Waals surface area contributed by atoms with Gasteiger partial charge in [0.2, 0.25) is 0 Å². The Morgan fingerprint density at radius 2 is 1.71 bits per heavy atom. The minimum absolute atomic E-state index is 0.0459. The van der Waals surface area contributed by atoms with Crippen LogP contribution in [-0.4, -0.2) is 66.2 Å². The van der Waals surface area contributed by atoms with Crippen LogP contribution in [0.3, 0.4) is 0 Å². The van der Waals surface area contributed by atoms with Gasteiger partial charge in [0.25, 0.3) is 21.6 Å². The largest absolute Gasteiger partial charge is 0.336 e. The van der Waals surface area contributed by atoms with Gasteiger partial charge in [0, 0.05) is 54.4 Å². The third-order valence-electron chi connectivity index (χ3n) is 5.36. The van der Waals surface area contributed by atoms with E-state index in [4.69, 9.17) is 0 Å².